The van der Waals surface area contributed by atoms with Gasteiger partial charge >= 0.3 is 11.8 Å². The van der Waals surface area contributed by atoms with Gasteiger partial charge in [0, 0.05) is 47.9 Å². The molecule has 1 aliphatic rings. The number of hydrogen-bond acceptors (Lipinski definition) is 4. The number of piperazine rings is 1. The zero-order chi connectivity index (χ0) is 24.0. The van der Waals surface area contributed by atoms with Crippen LogP contribution in [0.25, 0.3) is 0 Å². The van der Waals surface area contributed by atoms with Crippen molar-refractivity contribution in [3.05, 3.63) is 55.9 Å². The van der Waals surface area contributed by atoms with Gasteiger partial charge in [0.15, 0.2) is 5.75 Å². The van der Waals surface area contributed by atoms with E-state index in [2.05, 4.69) is 20.8 Å². The van der Waals surface area contributed by atoms with Crippen molar-refractivity contribution in [2.24, 2.45) is 0 Å². The second-order valence-electron chi connectivity index (χ2n) is 7.59. The lowest BCUT2D eigenvalue weighted by atomic mass is 10.2. The number of ether oxygens (including phenoxy) is 1. The molecule has 2 aromatic rings. The highest BCUT2D eigenvalue weighted by molar-refractivity contribution is 9.10. The van der Waals surface area contributed by atoms with Gasteiger partial charge in [0.1, 0.15) is 6.61 Å². The molecule has 2 amide bonds. The topological polar surface area (TPSA) is 53.1 Å². The number of nitrogens with zero attached hydrogens (tertiary/aromatic N) is 3. The average Bonchev–Trinajstić information content (AvgIpc) is 2.79. The van der Waals surface area contributed by atoms with Gasteiger partial charge in [0.05, 0.1) is 16.6 Å². The Labute approximate surface area is 217 Å². The Balaban J connectivity index is 1.54. The highest BCUT2D eigenvalue weighted by Gasteiger charge is 2.29. The van der Waals surface area contributed by atoms with E-state index in [1.807, 2.05) is 31.2 Å². The molecule has 0 saturated carbocycles. The third kappa shape index (κ3) is 6.92. The van der Waals surface area contributed by atoms with Crippen LogP contribution in [0.15, 0.2) is 40.9 Å². The van der Waals surface area contributed by atoms with Crippen LogP contribution in [0.4, 0.5) is 5.69 Å². The minimum atomic E-state index is -0.522. The largest absolute Gasteiger partial charge is 0.489 e. The minimum absolute atomic E-state index is 0.150. The summed E-state index contributed by atoms with van der Waals surface area (Å²) in [6, 6.07) is 11.1. The number of rotatable bonds is 7. The number of carbonyl (C=O) groups excluding carboxylic acids is 2. The number of benzene rings is 2. The summed E-state index contributed by atoms with van der Waals surface area (Å²) in [5, 5.41) is 0.993. The zero-order valence-electron chi connectivity index (χ0n) is 18.2. The highest BCUT2D eigenvalue weighted by Crippen LogP contribution is 2.35. The van der Waals surface area contributed by atoms with Crippen LogP contribution in [0.1, 0.15) is 13.3 Å². The van der Waals surface area contributed by atoms with Crippen molar-refractivity contribution in [3.63, 3.8) is 0 Å². The second kappa shape index (κ2) is 12.2. The molecule has 0 radical (unpaired) electrons. The maximum atomic E-state index is 12.9. The van der Waals surface area contributed by atoms with Crippen molar-refractivity contribution in [3.8, 4) is 5.75 Å². The first kappa shape index (κ1) is 25.9. The van der Waals surface area contributed by atoms with Gasteiger partial charge in [-0.1, -0.05) is 57.7 Å². The molecule has 3 rings (SSSR count). The molecule has 0 unspecified atom stereocenters. The first-order valence-corrected chi connectivity index (χ1v) is 12.6. The van der Waals surface area contributed by atoms with Crippen LogP contribution in [0.2, 0.25) is 15.1 Å². The molecular weight excluding hydrogens is 553 g/mol. The van der Waals surface area contributed by atoms with Crippen molar-refractivity contribution in [1.29, 1.82) is 0 Å². The molecule has 178 valence electrons. The molecule has 1 fully saturated rings. The molecular formula is C23H25BrCl3N3O3. The van der Waals surface area contributed by atoms with E-state index in [9.17, 15) is 9.59 Å². The van der Waals surface area contributed by atoms with Crippen molar-refractivity contribution >= 4 is 68.2 Å². The molecule has 0 aromatic heterocycles. The van der Waals surface area contributed by atoms with Gasteiger partial charge in [-0.05, 0) is 42.8 Å². The van der Waals surface area contributed by atoms with Crippen molar-refractivity contribution in [2.45, 2.75) is 13.3 Å². The molecule has 1 aliphatic heterocycles. The Morgan fingerprint density at radius 3 is 2.18 bits per heavy atom. The summed E-state index contributed by atoms with van der Waals surface area (Å²) in [7, 11) is 0. The Hall–Kier alpha value is -1.67. The fraction of sp³-hybridized carbons (Fsp3) is 0.391. The van der Waals surface area contributed by atoms with E-state index in [-0.39, 0.29) is 13.2 Å². The van der Waals surface area contributed by atoms with E-state index in [1.54, 1.807) is 4.90 Å². The van der Waals surface area contributed by atoms with E-state index in [0.29, 0.717) is 53.5 Å². The number of carbonyl (C=O) groups is 2. The van der Waals surface area contributed by atoms with E-state index in [4.69, 9.17) is 39.5 Å². The predicted molar refractivity (Wildman–Crippen MR) is 137 cm³/mol. The highest BCUT2D eigenvalue weighted by atomic mass is 79.9. The quantitative estimate of drug-likeness (QED) is 0.415. The Morgan fingerprint density at radius 2 is 1.61 bits per heavy atom. The fourth-order valence-corrected chi connectivity index (χ4v) is 4.79. The first-order chi connectivity index (χ1) is 15.8. The van der Waals surface area contributed by atoms with Gasteiger partial charge in [0.2, 0.25) is 0 Å². The summed E-state index contributed by atoms with van der Waals surface area (Å²) in [6.07, 6.45) is 0.721. The zero-order valence-corrected chi connectivity index (χ0v) is 22.1. The van der Waals surface area contributed by atoms with Crippen molar-refractivity contribution in [2.75, 3.05) is 50.8 Å². The first-order valence-electron chi connectivity index (χ1n) is 10.7. The number of amides is 2. The van der Waals surface area contributed by atoms with Crippen LogP contribution < -0.4 is 9.64 Å². The molecule has 1 saturated heterocycles. The normalized spacial score (nSPS) is 13.7. The third-order valence-electron chi connectivity index (χ3n) is 5.29. The standard InChI is InChI=1S/C23H25BrCl3N3O3/c1-2-7-29(12-13-33-21-19(26)14-17(25)15-20(21)27)22(31)23(32)30-10-8-28(9-11-30)18-5-3-16(24)4-6-18/h3-6,14-15H,2,7-13H2,1H3. The molecule has 10 heteroatoms. The second-order valence-corrected chi connectivity index (χ2v) is 9.76. The van der Waals surface area contributed by atoms with Gasteiger partial charge in [-0.25, -0.2) is 0 Å². The molecule has 0 N–H and O–H groups in total. The van der Waals surface area contributed by atoms with Crippen LogP contribution in [0.3, 0.4) is 0 Å². The van der Waals surface area contributed by atoms with E-state index >= 15 is 0 Å². The van der Waals surface area contributed by atoms with Gasteiger partial charge in [-0.3, -0.25) is 9.59 Å². The molecule has 0 atom stereocenters. The Morgan fingerprint density at radius 1 is 1.00 bits per heavy atom. The Bertz CT molecular complexity index is 960. The summed E-state index contributed by atoms with van der Waals surface area (Å²) in [5.74, 6) is -0.700. The monoisotopic (exact) mass is 575 g/mol. The van der Waals surface area contributed by atoms with Gasteiger partial charge < -0.3 is 19.4 Å². The maximum Gasteiger partial charge on any atom is 0.312 e. The molecule has 2 aromatic carbocycles. The lowest BCUT2D eigenvalue weighted by Crippen LogP contribution is -2.53. The smallest absolute Gasteiger partial charge is 0.312 e. The molecule has 0 aliphatic carbocycles. The number of halogens is 4. The van der Waals surface area contributed by atoms with Crippen LogP contribution in [0, 0.1) is 0 Å². The summed E-state index contributed by atoms with van der Waals surface area (Å²) in [4.78, 5) is 31.2. The van der Waals surface area contributed by atoms with Crippen LogP contribution in [0.5, 0.6) is 5.75 Å². The van der Waals surface area contributed by atoms with Crippen molar-refractivity contribution in [1.82, 2.24) is 9.80 Å². The van der Waals surface area contributed by atoms with Gasteiger partial charge in [-0.15, -0.1) is 0 Å². The predicted octanol–water partition coefficient (Wildman–Crippen LogP) is 5.38. The molecule has 33 heavy (non-hydrogen) atoms. The molecule has 6 nitrogen and oxygen atoms in total. The van der Waals surface area contributed by atoms with E-state index < -0.39 is 11.8 Å². The minimum Gasteiger partial charge on any atom is -0.489 e. The number of anilines is 1. The maximum absolute atomic E-state index is 12.9. The molecule has 0 spiro atoms. The summed E-state index contributed by atoms with van der Waals surface area (Å²) in [6.45, 7) is 5.13. The van der Waals surface area contributed by atoms with E-state index in [1.165, 1.54) is 17.0 Å². The van der Waals surface area contributed by atoms with Crippen LogP contribution in [-0.4, -0.2) is 67.5 Å². The third-order valence-corrected chi connectivity index (χ3v) is 6.60. The lowest BCUT2D eigenvalue weighted by Gasteiger charge is -2.36. The molecule has 0 bridgehead atoms. The Kier molecular flexibility index (Phi) is 9.56. The SMILES string of the molecule is CCCN(CCOc1c(Cl)cc(Cl)cc1Cl)C(=O)C(=O)N1CCN(c2ccc(Br)cc2)CC1. The van der Waals surface area contributed by atoms with E-state index in [0.717, 1.165) is 16.6 Å². The summed E-state index contributed by atoms with van der Waals surface area (Å²) < 4.78 is 6.71. The summed E-state index contributed by atoms with van der Waals surface area (Å²) >= 11 is 21.7. The van der Waals surface area contributed by atoms with Crippen LogP contribution >= 0.6 is 50.7 Å². The van der Waals surface area contributed by atoms with Gasteiger partial charge in [0.25, 0.3) is 0 Å². The fourth-order valence-electron chi connectivity index (χ4n) is 3.60. The summed E-state index contributed by atoms with van der Waals surface area (Å²) in [5.41, 5.74) is 1.10. The molecule has 1 heterocycles. The van der Waals surface area contributed by atoms with Gasteiger partial charge in [-0.2, -0.15) is 0 Å². The van der Waals surface area contributed by atoms with Crippen LogP contribution in [-0.2, 0) is 9.59 Å². The lowest BCUT2D eigenvalue weighted by molar-refractivity contribution is -0.152. The number of hydrogen-bond donors (Lipinski definition) is 0. The average molecular weight is 578 g/mol. The van der Waals surface area contributed by atoms with Crippen molar-refractivity contribution < 1.29 is 14.3 Å².